The van der Waals surface area contributed by atoms with Gasteiger partial charge in [0, 0.05) is 5.41 Å². The first-order valence-electron chi connectivity index (χ1n) is 8.32. The Morgan fingerprint density at radius 2 is 2.12 bits per heavy atom. The van der Waals surface area contributed by atoms with Crippen LogP contribution in [0, 0.1) is 12.3 Å². The van der Waals surface area contributed by atoms with E-state index in [1.165, 1.54) is 11.3 Å². The fourth-order valence-corrected chi connectivity index (χ4v) is 3.12. The molecular weight excluding hydrogens is 352 g/mol. The average molecular weight is 376 g/mol. The molecule has 7 nitrogen and oxygen atoms in total. The SMILES string of the molecule is C=CCn1nc(C(=O)OCC)cc1-c1sc(NC(=O)C(C)(C)C)nc1C. The van der Waals surface area contributed by atoms with Crippen LogP contribution in [0.3, 0.4) is 0 Å². The largest absolute Gasteiger partial charge is 0.461 e. The van der Waals surface area contributed by atoms with Crippen molar-refractivity contribution in [1.82, 2.24) is 14.8 Å². The quantitative estimate of drug-likeness (QED) is 0.614. The molecule has 2 heterocycles. The van der Waals surface area contributed by atoms with Gasteiger partial charge in [0.2, 0.25) is 5.91 Å². The number of allylic oxidation sites excluding steroid dienone is 1. The summed E-state index contributed by atoms with van der Waals surface area (Å²) in [5.41, 5.74) is 1.21. The molecule has 2 aromatic rings. The number of aryl methyl sites for hydroxylation is 1. The lowest BCUT2D eigenvalue weighted by Crippen LogP contribution is -2.27. The highest BCUT2D eigenvalue weighted by Gasteiger charge is 2.24. The lowest BCUT2D eigenvalue weighted by atomic mass is 9.96. The number of ether oxygens (including phenoxy) is 1. The molecule has 0 saturated heterocycles. The van der Waals surface area contributed by atoms with Gasteiger partial charge >= 0.3 is 5.97 Å². The number of anilines is 1. The van der Waals surface area contributed by atoms with Crippen molar-refractivity contribution in [3.05, 3.63) is 30.1 Å². The van der Waals surface area contributed by atoms with E-state index in [9.17, 15) is 9.59 Å². The summed E-state index contributed by atoms with van der Waals surface area (Å²) in [5.74, 6) is -0.579. The average Bonchev–Trinajstić information content (AvgIpc) is 3.10. The van der Waals surface area contributed by atoms with E-state index in [1.54, 1.807) is 23.7 Å². The van der Waals surface area contributed by atoms with Crippen molar-refractivity contribution in [2.45, 2.75) is 41.2 Å². The Balaban J connectivity index is 2.39. The lowest BCUT2D eigenvalue weighted by molar-refractivity contribution is -0.123. The van der Waals surface area contributed by atoms with E-state index in [-0.39, 0.29) is 18.2 Å². The first kappa shape index (κ1) is 19.8. The van der Waals surface area contributed by atoms with Crippen LogP contribution in [0.25, 0.3) is 10.6 Å². The zero-order valence-corrected chi connectivity index (χ0v) is 16.6. The summed E-state index contributed by atoms with van der Waals surface area (Å²) >= 11 is 1.35. The Morgan fingerprint density at radius 3 is 2.69 bits per heavy atom. The lowest BCUT2D eigenvalue weighted by Gasteiger charge is -2.15. The molecule has 0 fully saturated rings. The van der Waals surface area contributed by atoms with E-state index < -0.39 is 11.4 Å². The van der Waals surface area contributed by atoms with Crippen molar-refractivity contribution in [2.24, 2.45) is 5.41 Å². The Labute approximate surface area is 157 Å². The van der Waals surface area contributed by atoms with Crippen LogP contribution >= 0.6 is 11.3 Å². The highest BCUT2D eigenvalue weighted by atomic mass is 32.1. The second kappa shape index (κ2) is 7.82. The van der Waals surface area contributed by atoms with E-state index in [4.69, 9.17) is 4.74 Å². The summed E-state index contributed by atoms with van der Waals surface area (Å²) in [6, 6.07) is 1.68. The number of nitrogens with one attached hydrogen (secondary N) is 1. The predicted octanol–water partition coefficient (Wildman–Crippen LogP) is 3.66. The molecule has 0 spiro atoms. The zero-order chi connectivity index (χ0) is 19.5. The monoisotopic (exact) mass is 376 g/mol. The van der Waals surface area contributed by atoms with Crippen molar-refractivity contribution < 1.29 is 14.3 Å². The first-order chi connectivity index (χ1) is 12.2. The molecule has 0 aliphatic rings. The van der Waals surface area contributed by atoms with E-state index in [2.05, 4.69) is 22.0 Å². The highest BCUT2D eigenvalue weighted by molar-refractivity contribution is 7.19. The van der Waals surface area contributed by atoms with Crippen LogP contribution in [0.5, 0.6) is 0 Å². The molecule has 0 aliphatic carbocycles. The number of hydrogen-bond acceptors (Lipinski definition) is 6. The molecule has 2 rings (SSSR count). The summed E-state index contributed by atoms with van der Waals surface area (Å²) < 4.78 is 6.70. The first-order valence-corrected chi connectivity index (χ1v) is 9.14. The van der Waals surface area contributed by atoms with Gasteiger partial charge in [-0.2, -0.15) is 5.10 Å². The molecule has 0 saturated carbocycles. The molecule has 0 atom stereocenters. The Kier molecular flexibility index (Phi) is 5.97. The van der Waals surface area contributed by atoms with Crippen molar-refractivity contribution >= 4 is 28.3 Å². The molecule has 1 amide bonds. The van der Waals surface area contributed by atoms with Crippen LogP contribution in [0.4, 0.5) is 5.13 Å². The van der Waals surface area contributed by atoms with Crippen molar-refractivity contribution in [1.29, 1.82) is 0 Å². The molecule has 0 radical (unpaired) electrons. The van der Waals surface area contributed by atoms with E-state index in [0.717, 1.165) is 16.3 Å². The fourth-order valence-electron chi connectivity index (χ4n) is 2.14. The van der Waals surface area contributed by atoms with Crippen LogP contribution in [0.1, 0.15) is 43.9 Å². The topological polar surface area (TPSA) is 86.1 Å². The summed E-state index contributed by atoms with van der Waals surface area (Å²) in [4.78, 5) is 29.5. The Bertz CT molecular complexity index is 830. The highest BCUT2D eigenvalue weighted by Crippen LogP contribution is 2.34. The van der Waals surface area contributed by atoms with Crippen LogP contribution < -0.4 is 5.32 Å². The molecule has 1 N–H and O–H groups in total. The van der Waals surface area contributed by atoms with Crippen molar-refractivity contribution in [2.75, 3.05) is 11.9 Å². The number of thiazole rings is 1. The van der Waals surface area contributed by atoms with E-state index >= 15 is 0 Å². The van der Waals surface area contributed by atoms with Crippen LogP contribution in [0.2, 0.25) is 0 Å². The number of nitrogens with zero attached hydrogens (tertiary/aromatic N) is 3. The number of carbonyl (C=O) groups excluding carboxylic acids is 2. The molecule has 2 aromatic heterocycles. The second-order valence-corrected chi connectivity index (χ2v) is 7.74. The second-order valence-electron chi connectivity index (χ2n) is 6.74. The minimum Gasteiger partial charge on any atom is -0.461 e. The third-order valence-electron chi connectivity index (χ3n) is 3.50. The normalized spacial score (nSPS) is 11.3. The molecule has 140 valence electrons. The maximum Gasteiger partial charge on any atom is 0.358 e. The maximum atomic E-state index is 12.2. The van der Waals surface area contributed by atoms with Gasteiger partial charge in [-0.3, -0.25) is 9.48 Å². The van der Waals surface area contributed by atoms with Gasteiger partial charge < -0.3 is 10.1 Å². The van der Waals surface area contributed by atoms with Gasteiger partial charge in [0.15, 0.2) is 10.8 Å². The predicted molar refractivity (Wildman–Crippen MR) is 102 cm³/mol. The number of hydrogen-bond donors (Lipinski definition) is 1. The fraction of sp³-hybridized carbons (Fsp3) is 0.444. The van der Waals surface area contributed by atoms with Crippen LogP contribution in [0.15, 0.2) is 18.7 Å². The summed E-state index contributed by atoms with van der Waals surface area (Å²) in [5, 5.41) is 7.66. The van der Waals surface area contributed by atoms with Crippen molar-refractivity contribution in [3.8, 4) is 10.6 Å². The van der Waals surface area contributed by atoms with Gasteiger partial charge in [0.25, 0.3) is 0 Å². The molecule has 0 unspecified atom stereocenters. The number of aromatic nitrogens is 3. The third kappa shape index (κ3) is 4.37. The number of carbonyl (C=O) groups is 2. The molecule has 8 heteroatoms. The minimum atomic E-state index is -0.512. The Morgan fingerprint density at radius 1 is 1.42 bits per heavy atom. The van der Waals surface area contributed by atoms with Crippen molar-refractivity contribution in [3.63, 3.8) is 0 Å². The third-order valence-corrected chi connectivity index (χ3v) is 4.59. The standard InChI is InChI=1S/C18H24N4O3S/c1-7-9-22-13(10-12(21-22)15(23)25-8-2)14-11(3)19-17(26-14)20-16(24)18(4,5)6/h7,10H,1,8-9H2,2-6H3,(H,19,20,24). The minimum absolute atomic E-state index is 0.107. The number of amides is 1. The number of esters is 1. The van der Waals surface area contributed by atoms with Crippen LogP contribution in [-0.2, 0) is 16.1 Å². The summed E-state index contributed by atoms with van der Waals surface area (Å²) in [6.07, 6.45) is 1.70. The van der Waals surface area contributed by atoms with Gasteiger partial charge in [0.05, 0.1) is 29.4 Å². The number of rotatable bonds is 6. The van der Waals surface area contributed by atoms with E-state index in [1.807, 2.05) is 27.7 Å². The van der Waals surface area contributed by atoms with Gasteiger partial charge in [-0.05, 0) is 19.9 Å². The van der Waals surface area contributed by atoms with E-state index in [0.29, 0.717) is 11.7 Å². The maximum absolute atomic E-state index is 12.2. The molecule has 0 aromatic carbocycles. The summed E-state index contributed by atoms with van der Waals surface area (Å²) in [6.45, 7) is 13.6. The van der Waals surface area contributed by atoms with Crippen LogP contribution in [-0.4, -0.2) is 33.2 Å². The summed E-state index contributed by atoms with van der Waals surface area (Å²) in [7, 11) is 0. The van der Waals surface area contributed by atoms with Gasteiger partial charge in [0.1, 0.15) is 0 Å². The van der Waals surface area contributed by atoms with Gasteiger partial charge in [-0.25, -0.2) is 9.78 Å². The molecule has 0 aliphatic heterocycles. The molecular formula is C18H24N4O3S. The van der Waals surface area contributed by atoms with Gasteiger partial charge in [-0.15, -0.1) is 6.58 Å². The molecule has 0 bridgehead atoms. The smallest absolute Gasteiger partial charge is 0.358 e. The Hall–Kier alpha value is -2.48. The zero-order valence-electron chi connectivity index (χ0n) is 15.8. The van der Waals surface area contributed by atoms with Gasteiger partial charge in [-0.1, -0.05) is 38.2 Å². The molecule has 26 heavy (non-hydrogen) atoms.